The SMILES string of the molecule is COc1ncc(CN2CCC[C@@H](Cc3nccnc3N)C2)cn1. The molecule has 0 aromatic carbocycles. The Morgan fingerprint density at radius 3 is 2.74 bits per heavy atom. The standard InChI is InChI=1S/C16H22N6O/c1-23-16-20-8-13(9-21-16)11-22-6-2-3-12(10-22)7-14-15(17)19-5-4-18-14/h4-5,8-9,12H,2-3,6-7,10-11H2,1H3,(H2,17,19)/t12-/m0/s1. The fraction of sp³-hybridized carbons (Fsp3) is 0.500. The van der Waals surface area contributed by atoms with Crippen molar-refractivity contribution < 1.29 is 4.74 Å². The van der Waals surface area contributed by atoms with Crippen molar-refractivity contribution in [3.63, 3.8) is 0 Å². The van der Waals surface area contributed by atoms with Crippen molar-refractivity contribution >= 4 is 5.82 Å². The summed E-state index contributed by atoms with van der Waals surface area (Å²) in [6.07, 6.45) is 10.3. The summed E-state index contributed by atoms with van der Waals surface area (Å²) in [4.78, 5) is 19.3. The summed E-state index contributed by atoms with van der Waals surface area (Å²) in [6.45, 7) is 2.98. The zero-order valence-corrected chi connectivity index (χ0v) is 13.4. The molecule has 7 heteroatoms. The average molecular weight is 314 g/mol. The number of hydrogen-bond donors (Lipinski definition) is 1. The highest BCUT2D eigenvalue weighted by atomic mass is 16.5. The van der Waals surface area contributed by atoms with Gasteiger partial charge in [-0.05, 0) is 31.7 Å². The first-order valence-corrected chi connectivity index (χ1v) is 7.87. The van der Waals surface area contributed by atoms with Crippen LogP contribution in [0.3, 0.4) is 0 Å². The highest BCUT2D eigenvalue weighted by molar-refractivity contribution is 5.33. The van der Waals surface area contributed by atoms with Crippen LogP contribution in [0.2, 0.25) is 0 Å². The second-order valence-electron chi connectivity index (χ2n) is 5.91. The lowest BCUT2D eigenvalue weighted by Crippen LogP contribution is -2.36. The molecule has 2 aromatic heterocycles. The quantitative estimate of drug-likeness (QED) is 0.890. The summed E-state index contributed by atoms with van der Waals surface area (Å²) < 4.78 is 4.99. The highest BCUT2D eigenvalue weighted by Crippen LogP contribution is 2.22. The number of anilines is 1. The van der Waals surface area contributed by atoms with Crippen LogP contribution in [-0.4, -0.2) is 45.0 Å². The van der Waals surface area contributed by atoms with E-state index < -0.39 is 0 Å². The van der Waals surface area contributed by atoms with E-state index in [0.717, 1.165) is 37.3 Å². The van der Waals surface area contributed by atoms with Crippen molar-refractivity contribution in [3.8, 4) is 6.01 Å². The first-order chi connectivity index (χ1) is 11.2. The van der Waals surface area contributed by atoms with Crippen molar-refractivity contribution in [2.24, 2.45) is 5.92 Å². The Labute approximate surface area is 135 Å². The van der Waals surface area contributed by atoms with Crippen molar-refractivity contribution in [2.45, 2.75) is 25.8 Å². The molecule has 0 aliphatic carbocycles. The topological polar surface area (TPSA) is 90.0 Å². The van der Waals surface area contributed by atoms with Gasteiger partial charge >= 0.3 is 6.01 Å². The maximum Gasteiger partial charge on any atom is 0.316 e. The third-order valence-corrected chi connectivity index (χ3v) is 4.16. The Morgan fingerprint density at radius 2 is 2.00 bits per heavy atom. The van der Waals surface area contributed by atoms with E-state index >= 15 is 0 Å². The molecule has 2 aromatic rings. The minimum atomic E-state index is 0.406. The molecule has 1 saturated heterocycles. The van der Waals surface area contributed by atoms with E-state index in [1.807, 2.05) is 12.4 Å². The first kappa shape index (κ1) is 15.6. The van der Waals surface area contributed by atoms with E-state index in [1.54, 1.807) is 19.5 Å². The number of aromatic nitrogens is 4. The van der Waals surface area contributed by atoms with Crippen LogP contribution in [0.15, 0.2) is 24.8 Å². The van der Waals surface area contributed by atoms with Crippen molar-refractivity contribution in [1.29, 1.82) is 0 Å². The van der Waals surface area contributed by atoms with Crippen molar-refractivity contribution in [1.82, 2.24) is 24.8 Å². The molecule has 0 radical (unpaired) electrons. The van der Waals surface area contributed by atoms with Gasteiger partial charge in [-0.15, -0.1) is 0 Å². The Kier molecular flexibility index (Phi) is 4.97. The fourth-order valence-corrected chi connectivity index (χ4v) is 3.06. The lowest BCUT2D eigenvalue weighted by atomic mass is 9.93. The number of nitrogen functional groups attached to an aromatic ring is 1. The number of piperidine rings is 1. The van der Waals surface area contributed by atoms with E-state index in [9.17, 15) is 0 Å². The summed E-state index contributed by atoms with van der Waals surface area (Å²) in [5.74, 6) is 1.11. The van der Waals surface area contributed by atoms with Crippen LogP contribution >= 0.6 is 0 Å². The zero-order chi connectivity index (χ0) is 16.1. The Morgan fingerprint density at radius 1 is 1.22 bits per heavy atom. The predicted molar refractivity (Wildman–Crippen MR) is 86.7 cm³/mol. The number of methoxy groups -OCH3 is 1. The highest BCUT2D eigenvalue weighted by Gasteiger charge is 2.21. The number of likely N-dealkylation sites (tertiary alicyclic amines) is 1. The van der Waals surface area contributed by atoms with Crippen LogP contribution in [0.5, 0.6) is 6.01 Å². The molecule has 3 heterocycles. The summed E-state index contributed by atoms with van der Waals surface area (Å²) >= 11 is 0. The van der Waals surface area contributed by atoms with Gasteiger partial charge < -0.3 is 10.5 Å². The molecule has 0 unspecified atom stereocenters. The largest absolute Gasteiger partial charge is 0.467 e. The smallest absolute Gasteiger partial charge is 0.316 e. The van der Waals surface area contributed by atoms with Crippen LogP contribution in [0.4, 0.5) is 5.82 Å². The van der Waals surface area contributed by atoms with E-state index in [2.05, 4.69) is 24.8 Å². The van der Waals surface area contributed by atoms with Crippen LogP contribution in [0.1, 0.15) is 24.1 Å². The molecule has 7 nitrogen and oxygen atoms in total. The summed E-state index contributed by atoms with van der Waals surface area (Å²) in [5, 5.41) is 0. The molecule has 1 aliphatic rings. The van der Waals surface area contributed by atoms with Crippen LogP contribution in [0, 0.1) is 5.92 Å². The summed E-state index contributed by atoms with van der Waals surface area (Å²) in [6, 6.07) is 0.406. The Balaban J connectivity index is 1.58. The minimum absolute atomic E-state index is 0.406. The fourth-order valence-electron chi connectivity index (χ4n) is 3.06. The molecule has 0 bridgehead atoms. The van der Waals surface area contributed by atoms with E-state index in [1.165, 1.54) is 12.8 Å². The van der Waals surface area contributed by atoms with Gasteiger partial charge in [0.1, 0.15) is 5.82 Å². The third-order valence-electron chi connectivity index (χ3n) is 4.16. The molecule has 3 rings (SSSR count). The first-order valence-electron chi connectivity index (χ1n) is 7.87. The average Bonchev–Trinajstić information content (AvgIpc) is 2.58. The van der Waals surface area contributed by atoms with Gasteiger partial charge in [-0.25, -0.2) is 15.0 Å². The molecule has 1 atom stereocenters. The lowest BCUT2D eigenvalue weighted by molar-refractivity contribution is 0.166. The van der Waals surface area contributed by atoms with Crippen LogP contribution < -0.4 is 10.5 Å². The van der Waals surface area contributed by atoms with Gasteiger partial charge in [-0.1, -0.05) is 0 Å². The molecular formula is C16H22N6O. The molecule has 0 spiro atoms. The summed E-state index contributed by atoms with van der Waals surface area (Å²) in [5.41, 5.74) is 7.92. The van der Waals surface area contributed by atoms with E-state index in [4.69, 9.17) is 10.5 Å². The number of nitrogens with two attached hydrogens (primary N) is 1. The van der Waals surface area contributed by atoms with Gasteiger partial charge in [0.25, 0.3) is 0 Å². The van der Waals surface area contributed by atoms with Gasteiger partial charge in [0.05, 0.1) is 12.8 Å². The predicted octanol–water partition coefficient (Wildman–Crippen LogP) is 1.31. The molecule has 2 N–H and O–H groups in total. The van der Waals surface area contributed by atoms with Gasteiger partial charge in [0.15, 0.2) is 0 Å². The number of hydrogen-bond acceptors (Lipinski definition) is 7. The maximum atomic E-state index is 5.91. The van der Waals surface area contributed by atoms with Crippen molar-refractivity contribution in [2.75, 3.05) is 25.9 Å². The lowest BCUT2D eigenvalue weighted by Gasteiger charge is -2.32. The molecule has 1 fully saturated rings. The van der Waals surface area contributed by atoms with Gasteiger partial charge in [-0.3, -0.25) is 9.88 Å². The van der Waals surface area contributed by atoms with Gasteiger partial charge in [0, 0.05) is 43.4 Å². The Bertz CT molecular complexity index is 633. The molecule has 1 aliphatic heterocycles. The summed E-state index contributed by atoms with van der Waals surface area (Å²) in [7, 11) is 1.57. The van der Waals surface area contributed by atoms with E-state index in [0.29, 0.717) is 17.7 Å². The molecule has 0 saturated carbocycles. The normalized spacial score (nSPS) is 18.7. The maximum absolute atomic E-state index is 5.91. The van der Waals surface area contributed by atoms with Crippen molar-refractivity contribution in [3.05, 3.63) is 36.0 Å². The second-order valence-corrected chi connectivity index (χ2v) is 5.91. The number of rotatable bonds is 5. The van der Waals surface area contributed by atoms with Crippen LogP contribution in [-0.2, 0) is 13.0 Å². The third kappa shape index (κ3) is 4.13. The monoisotopic (exact) mass is 314 g/mol. The zero-order valence-electron chi connectivity index (χ0n) is 13.4. The molecular weight excluding hydrogens is 292 g/mol. The minimum Gasteiger partial charge on any atom is -0.467 e. The van der Waals surface area contributed by atoms with Gasteiger partial charge in [0.2, 0.25) is 0 Å². The number of nitrogens with zero attached hydrogens (tertiary/aromatic N) is 5. The second kappa shape index (κ2) is 7.32. The van der Waals surface area contributed by atoms with Crippen LogP contribution in [0.25, 0.3) is 0 Å². The molecule has 122 valence electrons. The number of ether oxygens (including phenoxy) is 1. The van der Waals surface area contributed by atoms with E-state index in [-0.39, 0.29) is 0 Å². The Hall–Kier alpha value is -2.28. The molecule has 23 heavy (non-hydrogen) atoms. The molecule has 0 amide bonds. The van der Waals surface area contributed by atoms with Gasteiger partial charge in [-0.2, -0.15) is 0 Å².